The first-order chi connectivity index (χ1) is 9.74. The average Bonchev–Trinajstić information content (AvgIpc) is 2.53. The zero-order valence-corrected chi connectivity index (χ0v) is 11.4. The summed E-state index contributed by atoms with van der Waals surface area (Å²) >= 11 is 0. The third kappa shape index (κ3) is 3.23. The summed E-state index contributed by atoms with van der Waals surface area (Å²) in [6.45, 7) is 0. The molecule has 4 nitrogen and oxygen atoms in total. The molecule has 0 spiro atoms. The van der Waals surface area contributed by atoms with Gasteiger partial charge in [0.1, 0.15) is 5.75 Å². The molecule has 102 valence electrons. The molecule has 20 heavy (non-hydrogen) atoms. The molecule has 0 unspecified atom stereocenters. The molecule has 0 aliphatic rings. The van der Waals surface area contributed by atoms with Crippen LogP contribution >= 0.6 is 0 Å². The maximum Gasteiger partial charge on any atom is 0.338 e. The third-order valence-corrected chi connectivity index (χ3v) is 2.82. The first-order valence-corrected chi connectivity index (χ1v) is 6.09. The van der Waals surface area contributed by atoms with Gasteiger partial charge in [-0.25, -0.2) is 4.79 Å². The topological polar surface area (TPSA) is 48.4 Å². The van der Waals surface area contributed by atoms with Crippen molar-refractivity contribution < 1.29 is 14.3 Å². The number of nitrogens with zero attached hydrogens (tertiary/aromatic N) is 1. The second-order valence-electron chi connectivity index (χ2n) is 4.06. The summed E-state index contributed by atoms with van der Waals surface area (Å²) in [5.74, 6) is 0.387. The van der Waals surface area contributed by atoms with E-state index in [-0.39, 0.29) is 5.97 Å². The zero-order valence-electron chi connectivity index (χ0n) is 11.4. The van der Waals surface area contributed by atoms with E-state index >= 15 is 0 Å². The highest BCUT2D eigenvalue weighted by Gasteiger charge is 2.12. The second kappa shape index (κ2) is 6.52. The van der Waals surface area contributed by atoms with Crippen molar-refractivity contribution in [2.45, 2.75) is 0 Å². The van der Waals surface area contributed by atoms with Crippen LogP contribution in [0.15, 0.2) is 48.8 Å². The van der Waals surface area contributed by atoms with Crippen molar-refractivity contribution in [3.8, 4) is 5.75 Å². The number of carbonyl (C=O) groups is 1. The summed E-state index contributed by atoms with van der Waals surface area (Å²) in [7, 11) is 2.98. The van der Waals surface area contributed by atoms with Crippen LogP contribution in [0.25, 0.3) is 11.6 Å². The van der Waals surface area contributed by atoms with Crippen molar-refractivity contribution in [2.75, 3.05) is 14.2 Å². The van der Waals surface area contributed by atoms with E-state index in [2.05, 4.69) is 4.98 Å². The van der Waals surface area contributed by atoms with Gasteiger partial charge in [-0.3, -0.25) is 4.98 Å². The van der Waals surface area contributed by atoms with Crippen LogP contribution in [0.3, 0.4) is 0 Å². The van der Waals surface area contributed by atoms with Gasteiger partial charge in [0, 0.05) is 12.4 Å². The Hall–Kier alpha value is -2.62. The molecule has 0 bridgehead atoms. The SMILES string of the molecule is COC(=O)/C(=C/c1ccc(OC)cc1)c1ccncc1. The quantitative estimate of drug-likeness (QED) is 0.632. The van der Waals surface area contributed by atoms with Gasteiger partial charge >= 0.3 is 5.97 Å². The molecule has 4 heteroatoms. The van der Waals surface area contributed by atoms with Gasteiger partial charge in [0.2, 0.25) is 0 Å². The lowest BCUT2D eigenvalue weighted by Crippen LogP contribution is -2.03. The smallest absolute Gasteiger partial charge is 0.338 e. The Morgan fingerprint density at radius 1 is 1.05 bits per heavy atom. The predicted octanol–water partition coefficient (Wildman–Crippen LogP) is 2.80. The summed E-state index contributed by atoms with van der Waals surface area (Å²) in [4.78, 5) is 15.9. The molecular weight excluding hydrogens is 254 g/mol. The van der Waals surface area contributed by atoms with Gasteiger partial charge in [0.15, 0.2) is 0 Å². The Balaban J connectivity index is 2.40. The number of hydrogen-bond acceptors (Lipinski definition) is 4. The van der Waals surface area contributed by atoms with Crippen molar-refractivity contribution in [1.82, 2.24) is 4.98 Å². The highest BCUT2D eigenvalue weighted by atomic mass is 16.5. The molecule has 0 aliphatic heterocycles. The molecular formula is C16H15NO3. The molecule has 0 fully saturated rings. The number of carbonyl (C=O) groups excluding carboxylic acids is 1. The standard InChI is InChI=1S/C16H15NO3/c1-19-14-5-3-12(4-6-14)11-15(16(18)20-2)13-7-9-17-10-8-13/h3-11H,1-2H3/b15-11+. The molecule has 0 saturated heterocycles. The fourth-order valence-corrected chi connectivity index (χ4v) is 1.77. The van der Waals surface area contributed by atoms with Crippen molar-refractivity contribution in [1.29, 1.82) is 0 Å². The van der Waals surface area contributed by atoms with Crippen LogP contribution in [0, 0.1) is 0 Å². The molecule has 1 aromatic carbocycles. The molecule has 0 aliphatic carbocycles. The van der Waals surface area contributed by atoms with Crippen LogP contribution in [0.5, 0.6) is 5.75 Å². The number of benzene rings is 1. The number of rotatable bonds is 4. The minimum Gasteiger partial charge on any atom is -0.497 e. The van der Waals surface area contributed by atoms with Crippen molar-refractivity contribution in [3.05, 3.63) is 59.9 Å². The van der Waals surface area contributed by atoms with Crippen LogP contribution in [-0.4, -0.2) is 25.2 Å². The maximum absolute atomic E-state index is 11.9. The number of methoxy groups -OCH3 is 2. The van der Waals surface area contributed by atoms with Gasteiger partial charge in [-0.2, -0.15) is 0 Å². The lowest BCUT2D eigenvalue weighted by atomic mass is 10.0. The highest BCUT2D eigenvalue weighted by molar-refractivity contribution is 6.21. The Morgan fingerprint density at radius 2 is 1.70 bits per heavy atom. The van der Waals surface area contributed by atoms with Crippen LogP contribution in [0.2, 0.25) is 0 Å². The first-order valence-electron chi connectivity index (χ1n) is 6.09. The van der Waals surface area contributed by atoms with E-state index in [0.717, 1.165) is 16.9 Å². The molecule has 0 N–H and O–H groups in total. The van der Waals surface area contributed by atoms with Gasteiger partial charge in [0.25, 0.3) is 0 Å². The van der Waals surface area contributed by atoms with E-state index in [1.54, 1.807) is 37.7 Å². The molecule has 0 radical (unpaired) electrons. The molecule has 1 heterocycles. The van der Waals surface area contributed by atoms with E-state index in [1.165, 1.54) is 7.11 Å². The second-order valence-corrected chi connectivity index (χ2v) is 4.06. The molecule has 0 atom stereocenters. The molecule has 1 aromatic heterocycles. The van der Waals surface area contributed by atoms with Crippen molar-refractivity contribution in [3.63, 3.8) is 0 Å². The fraction of sp³-hybridized carbons (Fsp3) is 0.125. The summed E-state index contributed by atoms with van der Waals surface area (Å²) < 4.78 is 9.94. The van der Waals surface area contributed by atoms with Crippen LogP contribution in [0.1, 0.15) is 11.1 Å². The predicted molar refractivity (Wildman–Crippen MR) is 77.1 cm³/mol. The number of ether oxygens (including phenoxy) is 2. The Morgan fingerprint density at radius 3 is 2.25 bits per heavy atom. The van der Waals surface area contributed by atoms with Crippen LogP contribution in [0.4, 0.5) is 0 Å². The van der Waals surface area contributed by atoms with Gasteiger partial charge in [-0.1, -0.05) is 12.1 Å². The van der Waals surface area contributed by atoms with Crippen LogP contribution < -0.4 is 4.74 Å². The van der Waals surface area contributed by atoms with Gasteiger partial charge in [-0.15, -0.1) is 0 Å². The average molecular weight is 269 g/mol. The molecule has 0 amide bonds. The molecule has 2 aromatic rings. The van der Waals surface area contributed by atoms with Crippen molar-refractivity contribution >= 4 is 17.6 Å². The van der Waals surface area contributed by atoms with E-state index in [4.69, 9.17) is 9.47 Å². The largest absolute Gasteiger partial charge is 0.497 e. The minimum absolute atomic E-state index is 0.382. The van der Waals surface area contributed by atoms with E-state index in [0.29, 0.717) is 5.57 Å². The van der Waals surface area contributed by atoms with Gasteiger partial charge in [0.05, 0.1) is 19.8 Å². The number of aromatic nitrogens is 1. The Kier molecular flexibility index (Phi) is 4.50. The Bertz CT molecular complexity index is 603. The summed E-state index contributed by atoms with van der Waals surface area (Å²) in [5.41, 5.74) is 2.14. The number of pyridine rings is 1. The molecule has 0 saturated carbocycles. The highest BCUT2D eigenvalue weighted by Crippen LogP contribution is 2.20. The summed E-state index contributed by atoms with van der Waals surface area (Å²) in [5, 5.41) is 0. The van der Waals surface area contributed by atoms with E-state index < -0.39 is 0 Å². The van der Waals surface area contributed by atoms with E-state index in [1.807, 2.05) is 24.3 Å². The lowest BCUT2D eigenvalue weighted by molar-refractivity contribution is -0.133. The molecule has 2 rings (SSSR count). The van der Waals surface area contributed by atoms with Gasteiger partial charge in [-0.05, 0) is 41.5 Å². The van der Waals surface area contributed by atoms with Gasteiger partial charge < -0.3 is 9.47 Å². The normalized spacial score (nSPS) is 11.0. The van der Waals surface area contributed by atoms with Crippen molar-refractivity contribution in [2.24, 2.45) is 0 Å². The third-order valence-electron chi connectivity index (χ3n) is 2.82. The monoisotopic (exact) mass is 269 g/mol. The van der Waals surface area contributed by atoms with Crippen LogP contribution in [-0.2, 0) is 9.53 Å². The minimum atomic E-state index is -0.382. The summed E-state index contributed by atoms with van der Waals surface area (Å²) in [6.07, 6.45) is 5.06. The number of esters is 1. The first kappa shape index (κ1) is 13.8. The zero-order chi connectivity index (χ0) is 14.4. The summed E-state index contributed by atoms with van der Waals surface area (Å²) in [6, 6.07) is 11.0. The fourth-order valence-electron chi connectivity index (χ4n) is 1.77. The Labute approximate surface area is 117 Å². The maximum atomic E-state index is 11.9. The lowest BCUT2D eigenvalue weighted by Gasteiger charge is -2.06. The van der Waals surface area contributed by atoms with E-state index in [9.17, 15) is 4.79 Å². The number of hydrogen-bond donors (Lipinski definition) is 0.